The van der Waals surface area contributed by atoms with Crippen LogP contribution in [0.15, 0.2) is 64.6 Å². The quantitative estimate of drug-likeness (QED) is 0.376. The molecule has 0 aliphatic carbocycles. The number of fused-ring (bicyclic) bond motifs is 1. The second-order valence-corrected chi connectivity index (χ2v) is 9.23. The summed E-state index contributed by atoms with van der Waals surface area (Å²) in [6, 6.07) is 10.6. The van der Waals surface area contributed by atoms with Gasteiger partial charge in [-0.05, 0) is 37.6 Å². The molecule has 4 rings (SSSR count). The van der Waals surface area contributed by atoms with Gasteiger partial charge in [-0.15, -0.1) is 0 Å². The SMILES string of the molecule is CCOC(=O)C1=C(COC(=O)CCc2nc3cc(C(F)(F)F)ccc3n(Cc3ccccc3)c2=O)NC(=O)N[C@@H]1C. The molecule has 2 aromatic carbocycles. The second kappa shape index (κ2) is 12.2. The number of esters is 2. The Hall–Kier alpha value is -4.68. The summed E-state index contributed by atoms with van der Waals surface area (Å²) in [4.78, 5) is 54.4. The van der Waals surface area contributed by atoms with Crippen LogP contribution >= 0.6 is 0 Å². The molecule has 2 N–H and O–H groups in total. The first kappa shape index (κ1) is 29.3. The molecule has 0 bridgehead atoms. The van der Waals surface area contributed by atoms with E-state index in [2.05, 4.69) is 15.6 Å². The number of hydrogen-bond acceptors (Lipinski definition) is 7. The van der Waals surface area contributed by atoms with Crippen molar-refractivity contribution in [1.82, 2.24) is 20.2 Å². The third kappa shape index (κ3) is 6.91. The normalized spacial score (nSPS) is 15.3. The number of carbonyl (C=O) groups excluding carboxylic acids is 3. The van der Waals surface area contributed by atoms with E-state index in [1.54, 1.807) is 44.2 Å². The number of benzene rings is 2. The molecule has 1 aliphatic heterocycles. The van der Waals surface area contributed by atoms with Crippen LogP contribution in [0.4, 0.5) is 18.0 Å². The second-order valence-electron chi connectivity index (χ2n) is 9.23. The smallest absolute Gasteiger partial charge is 0.416 e. The van der Waals surface area contributed by atoms with Crippen LogP contribution in [0.2, 0.25) is 0 Å². The van der Waals surface area contributed by atoms with Gasteiger partial charge in [-0.25, -0.2) is 14.6 Å². The Morgan fingerprint density at radius 2 is 1.80 bits per heavy atom. The Bertz CT molecular complexity index is 1570. The maximum absolute atomic E-state index is 13.4. The van der Waals surface area contributed by atoms with E-state index in [9.17, 15) is 32.3 Å². The standard InChI is InChI=1S/C28H27F3N4O6/c1-3-40-26(38)24-16(2)32-27(39)34-21(24)15-41-23(36)12-10-19-25(37)35(14-17-7-5-4-6-8-17)22-11-9-18(28(29,30)31)13-20(22)33-19/h4-9,11,13,16H,3,10,12,14-15H2,1-2H3,(H2,32,34,39)/t16-/m1/s1. The van der Waals surface area contributed by atoms with Crippen LogP contribution in [0.3, 0.4) is 0 Å². The molecule has 3 aromatic rings. The van der Waals surface area contributed by atoms with Crippen LogP contribution < -0.4 is 16.2 Å². The summed E-state index contributed by atoms with van der Waals surface area (Å²) in [5.41, 5.74) is -0.517. The number of amides is 2. The van der Waals surface area contributed by atoms with Crippen molar-refractivity contribution in [2.75, 3.05) is 13.2 Å². The lowest BCUT2D eigenvalue weighted by Gasteiger charge is -2.26. The number of aryl methyl sites for hydroxylation is 1. The molecule has 0 radical (unpaired) electrons. The Balaban J connectivity index is 1.57. The number of halogens is 3. The van der Waals surface area contributed by atoms with Crippen molar-refractivity contribution in [3.05, 3.63) is 87.0 Å². The first-order valence-corrected chi connectivity index (χ1v) is 12.8. The van der Waals surface area contributed by atoms with E-state index in [-0.39, 0.29) is 54.0 Å². The highest BCUT2D eigenvalue weighted by molar-refractivity contribution is 5.94. The number of rotatable bonds is 9. The van der Waals surface area contributed by atoms with Crippen molar-refractivity contribution >= 4 is 29.0 Å². The minimum absolute atomic E-state index is 0.0469. The number of alkyl halides is 3. The summed E-state index contributed by atoms with van der Waals surface area (Å²) in [6.45, 7) is 2.93. The van der Waals surface area contributed by atoms with E-state index < -0.39 is 47.9 Å². The molecule has 2 heterocycles. The zero-order valence-electron chi connectivity index (χ0n) is 22.2. The highest BCUT2D eigenvalue weighted by atomic mass is 19.4. The van der Waals surface area contributed by atoms with Gasteiger partial charge in [0.1, 0.15) is 12.3 Å². The molecule has 41 heavy (non-hydrogen) atoms. The molecule has 216 valence electrons. The fourth-order valence-corrected chi connectivity index (χ4v) is 4.40. The fraction of sp³-hybridized carbons (Fsp3) is 0.321. The molecule has 0 saturated carbocycles. The van der Waals surface area contributed by atoms with Gasteiger partial charge < -0.3 is 24.7 Å². The van der Waals surface area contributed by atoms with Crippen molar-refractivity contribution in [3.8, 4) is 0 Å². The Kier molecular flexibility index (Phi) is 8.74. The molecule has 1 atom stereocenters. The van der Waals surface area contributed by atoms with E-state index in [0.717, 1.165) is 17.7 Å². The average molecular weight is 573 g/mol. The predicted molar refractivity (Wildman–Crippen MR) is 141 cm³/mol. The average Bonchev–Trinajstić information content (AvgIpc) is 2.92. The van der Waals surface area contributed by atoms with Gasteiger partial charge in [-0.1, -0.05) is 30.3 Å². The third-order valence-electron chi connectivity index (χ3n) is 6.33. The Labute approximate surface area is 232 Å². The van der Waals surface area contributed by atoms with Crippen molar-refractivity contribution in [1.29, 1.82) is 0 Å². The molecule has 0 saturated heterocycles. The highest BCUT2D eigenvalue weighted by Gasteiger charge is 2.32. The molecule has 10 nitrogen and oxygen atoms in total. The van der Waals surface area contributed by atoms with Crippen molar-refractivity contribution in [2.45, 2.75) is 45.5 Å². The van der Waals surface area contributed by atoms with Crippen molar-refractivity contribution in [3.63, 3.8) is 0 Å². The molecule has 1 aromatic heterocycles. The van der Waals surface area contributed by atoms with Gasteiger partial charge in [0, 0.05) is 6.42 Å². The van der Waals surface area contributed by atoms with Crippen LogP contribution in [0, 0.1) is 0 Å². The van der Waals surface area contributed by atoms with Crippen LogP contribution in [-0.2, 0) is 38.2 Å². The van der Waals surface area contributed by atoms with E-state index in [0.29, 0.717) is 0 Å². The number of carbonyl (C=O) groups is 3. The molecule has 0 spiro atoms. The largest absolute Gasteiger partial charge is 0.463 e. The lowest BCUT2D eigenvalue weighted by Crippen LogP contribution is -2.50. The van der Waals surface area contributed by atoms with Gasteiger partial charge in [-0.2, -0.15) is 13.2 Å². The lowest BCUT2D eigenvalue weighted by molar-refractivity contribution is -0.143. The Morgan fingerprint density at radius 3 is 2.49 bits per heavy atom. The van der Waals surface area contributed by atoms with E-state index in [4.69, 9.17) is 9.47 Å². The molecule has 0 unspecified atom stereocenters. The van der Waals surface area contributed by atoms with Crippen molar-refractivity contribution in [2.24, 2.45) is 0 Å². The Morgan fingerprint density at radius 1 is 1.07 bits per heavy atom. The van der Waals surface area contributed by atoms with Crippen LogP contribution in [0.5, 0.6) is 0 Å². The third-order valence-corrected chi connectivity index (χ3v) is 6.33. The minimum atomic E-state index is -4.61. The van der Waals surface area contributed by atoms with Crippen molar-refractivity contribution < 1.29 is 37.0 Å². The van der Waals surface area contributed by atoms with Gasteiger partial charge in [0.25, 0.3) is 5.56 Å². The van der Waals surface area contributed by atoms with Crippen LogP contribution in [-0.4, -0.2) is 46.8 Å². The molecular weight excluding hydrogens is 545 g/mol. The first-order chi connectivity index (χ1) is 19.5. The van der Waals surface area contributed by atoms with E-state index >= 15 is 0 Å². The maximum atomic E-state index is 13.4. The summed E-state index contributed by atoms with van der Waals surface area (Å²) >= 11 is 0. The number of ether oxygens (including phenoxy) is 2. The van der Waals surface area contributed by atoms with Crippen LogP contribution in [0.1, 0.15) is 37.1 Å². The zero-order valence-corrected chi connectivity index (χ0v) is 22.2. The number of aromatic nitrogens is 2. The maximum Gasteiger partial charge on any atom is 0.416 e. The summed E-state index contributed by atoms with van der Waals surface area (Å²) in [5.74, 6) is -1.46. The molecular formula is C28H27F3N4O6. The fourth-order valence-electron chi connectivity index (χ4n) is 4.40. The monoisotopic (exact) mass is 572 g/mol. The van der Waals surface area contributed by atoms with Gasteiger partial charge in [-0.3, -0.25) is 9.59 Å². The number of nitrogens with zero attached hydrogens (tertiary/aromatic N) is 2. The zero-order chi connectivity index (χ0) is 29.7. The van der Waals surface area contributed by atoms with Gasteiger partial charge in [0.15, 0.2) is 0 Å². The number of nitrogens with one attached hydrogen (secondary N) is 2. The first-order valence-electron chi connectivity index (χ1n) is 12.8. The number of urea groups is 1. The molecule has 2 amide bonds. The van der Waals surface area contributed by atoms with Crippen LogP contribution in [0.25, 0.3) is 11.0 Å². The van der Waals surface area contributed by atoms with E-state index in [1.165, 1.54) is 10.6 Å². The summed E-state index contributed by atoms with van der Waals surface area (Å²) in [7, 11) is 0. The summed E-state index contributed by atoms with van der Waals surface area (Å²) in [5, 5.41) is 4.96. The summed E-state index contributed by atoms with van der Waals surface area (Å²) in [6.07, 6.45) is -5.16. The molecule has 0 fully saturated rings. The topological polar surface area (TPSA) is 129 Å². The number of hydrogen-bond donors (Lipinski definition) is 2. The predicted octanol–water partition coefficient (Wildman–Crippen LogP) is 3.46. The molecule has 1 aliphatic rings. The summed E-state index contributed by atoms with van der Waals surface area (Å²) < 4.78 is 51.7. The minimum Gasteiger partial charge on any atom is -0.463 e. The highest BCUT2D eigenvalue weighted by Crippen LogP contribution is 2.31. The van der Waals surface area contributed by atoms with Gasteiger partial charge in [0.2, 0.25) is 0 Å². The molecule has 13 heteroatoms. The van der Waals surface area contributed by atoms with Gasteiger partial charge >= 0.3 is 24.1 Å². The lowest BCUT2D eigenvalue weighted by atomic mass is 10.0. The van der Waals surface area contributed by atoms with Gasteiger partial charge in [0.05, 0.1) is 53.5 Å². The van der Waals surface area contributed by atoms with E-state index in [1.807, 2.05) is 0 Å².